The molecule has 19 heavy (non-hydrogen) atoms. The lowest BCUT2D eigenvalue weighted by molar-refractivity contribution is -0.116. The van der Waals surface area contributed by atoms with E-state index in [0.29, 0.717) is 26.4 Å². The molecule has 0 aliphatic heterocycles. The van der Waals surface area contributed by atoms with Crippen molar-refractivity contribution in [2.24, 2.45) is 0 Å². The second-order valence-electron chi connectivity index (χ2n) is 4.36. The average molecular weight is 266 g/mol. The zero-order chi connectivity index (χ0) is 14.1. The van der Waals surface area contributed by atoms with Gasteiger partial charge in [0.2, 0.25) is 5.91 Å². The topological polar surface area (TPSA) is 50.8 Å². The van der Waals surface area contributed by atoms with E-state index in [1.165, 1.54) is 0 Å². The van der Waals surface area contributed by atoms with Crippen molar-refractivity contribution in [3.05, 3.63) is 24.3 Å². The van der Waals surface area contributed by atoms with Crippen molar-refractivity contribution in [2.75, 3.05) is 45.8 Å². The van der Waals surface area contributed by atoms with Crippen molar-refractivity contribution < 1.29 is 14.3 Å². The van der Waals surface area contributed by atoms with Gasteiger partial charge in [0.25, 0.3) is 0 Å². The Morgan fingerprint density at radius 3 is 2.79 bits per heavy atom. The minimum absolute atomic E-state index is 0.0449. The number of rotatable bonds is 8. The quantitative estimate of drug-likeness (QED) is 0.726. The average Bonchev–Trinajstić information content (AvgIpc) is 2.34. The number of hydrogen-bond acceptors (Lipinski definition) is 4. The Bertz CT molecular complexity index is 394. The van der Waals surface area contributed by atoms with E-state index in [1.807, 2.05) is 44.1 Å². The summed E-state index contributed by atoms with van der Waals surface area (Å²) in [5.74, 6) is 0.679. The van der Waals surface area contributed by atoms with Crippen LogP contribution in [0.15, 0.2) is 24.3 Å². The van der Waals surface area contributed by atoms with Gasteiger partial charge in [-0.25, -0.2) is 0 Å². The lowest BCUT2D eigenvalue weighted by Gasteiger charge is -2.11. The molecule has 1 aromatic rings. The summed E-state index contributed by atoms with van der Waals surface area (Å²) in [5.41, 5.74) is 0.737. The largest absolute Gasteiger partial charge is 0.491 e. The van der Waals surface area contributed by atoms with Gasteiger partial charge >= 0.3 is 0 Å². The standard InChI is InChI=1S/C14H22N2O3/c1-4-18-8-9-19-13-7-5-6-12(10-13)15-14(17)11-16(2)3/h5-7,10H,4,8-9,11H2,1-3H3,(H,15,17). The molecule has 0 aliphatic rings. The van der Waals surface area contributed by atoms with E-state index in [9.17, 15) is 4.79 Å². The van der Waals surface area contributed by atoms with Crippen LogP contribution in [-0.2, 0) is 9.53 Å². The number of likely N-dealkylation sites (N-methyl/N-ethyl adjacent to an activating group) is 1. The van der Waals surface area contributed by atoms with Crippen LogP contribution < -0.4 is 10.1 Å². The second-order valence-corrected chi connectivity index (χ2v) is 4.36. The van der Waals surface area contributed by atoms with Gasteiger partial charge in [0, 0.05) is 18.4 Å². The lowest BCUT2D eigenvalue weighted by Crippen LogP contribution is -2.27. The number of benzene rings is 1. The van der Waals surface area contributed by atoms with Gasteiger partial charge in [-0.1, -0.05) is 6.07 Å². The first kappa shape index (κ1) is 15.5. The summed E-state index contributed by atoms with van der Waals surface area (Å²) in [7, 11) is 3.71. The first-order chi connectivity index (χ1) is 9.11. The normalized spacial score (nSPS) is 10.5. The van der Waals surface area contributed by atoms with Gasteiger partial charge in [0.05, 0.1) is 13.2 Å². The predicted octanol–water partition coefficient (Wildman–Crippen LogP) is 1.60. The van der Waals surface area contributed by atoms with Crippen LogP contribution in [0.2, 0.25) is 0 Å². The summed E-state index contributed by atoms with van der Waals surface area (Å²) in [4.78, 5) is 13.4. The van der Waals surface area contributed by atoms with Crippen LogP contribution in [0.1, 0.15) is 6.92 Å². The van der Waals surface area contributed by atoms with E-state index in [2.05, 4.69) is 5.32 Å². The number of amides is 1. The Morgan fingerprint density at radius 2 is 2.11 bits per heavy atom. The monoisotopic (exact) mass is 266 g/mol. The fourth-order valence-corrected chi connectivity index (χ4v) is 1.51. The van der Waals surface area contributed by atoms with Crippen LogP contribution in [0.3, 0.4) is 0 Å². The van der Waals surface area contributed by atoms with Crippen molar-refractivity contribution >= 4 is 11.6 Å². The van der Waals surface area contributed by atoms with Crippen LogP contribution in [0.4, 0.5) is 5.69 Å². The SMILES string of the molecule is CCOCCOc1cccc(NC(=O)CN(C)C)c1. The van der Waals surface area contributed by atoms with E-state index in [1.54, 1.807) is 6.07 Å². The predicted molar refractivity (Wildman–Crippen MR) is 75.6 cm³/mol. The third-order valence-corrected chi connectivity index (χ3v) is 2.28. The smallest absolute Gasteiger partial charge is 0.238 e. The summed E-state index contributed by atoms with van der Waals surface area (Å²) in [6.45, 7) is 4.05. The number of carbonyl (C=O) groups excluding carboxylic acids is 1. The highest BCUT2D eigenvalue weighted by atomic mass is 16.5. The van der Waals surface area contributed by atoms with E-state index < -0.39 is 0 Å². The molecule has 0 spiro atoms. The zero-order valence-corrected chi connectivity index (χ0v) is 11.8. The highest BCUT2D eigenvalue weighted by Crippen LogP contribution is 2.17. The third-order valence-electron chi connectivity index (χ3n) is 2.28. The van der Waals surface area contributed by atoms with Crippen LogP contribution >= 0.6 is 0 Å². The Balaban J connectivity index is 2.45. The molecule has 1 aromatic carbocycles. The minimum Gasteiger partial charge on any atom is -0.491 e. The third kappa shape index (κ3) is 6.79. The number of nitrogens with zero attached hydrogens (tertiary/aromatic N) is 1. The van der Waals surface area contributed by atoms with Gasteiger partial charge in [-0.2, -0.15) is 0 Å². The van der Waals surface area contributed by atoms with Crippen molar-refractivity contribution in [3.8, 4) is 5.75 Å². The van der Waals surface area contributed by atoms with E-state index in [4.69, 9.17) is 9.47 Å². The molecule has 0 aromatic heterocycles. The van der Waals surface area contributed by atoms with Gasteiger partial charge < -0.3 is 19.7 Å². The highest BCUT2D eigenvalue weighted by Gasteiger charge is 2.04. The number of carbonyl (C=O) groups is 1. The Labute approximate surface area is 114 Å². The molecule has 1 rings (SSSR count). The van der Waals surface area contributed by atoms with Crippen LogP contribution in [-0.4, -0.2) is 51.3 Å². The van der Waals surface area contributed by atoms with Gasteiger partial charge in [0.15, 0.2) is 0 Å². The molecule has 0 radical (unpaired) electrons. The molecule has 0 fully saturated rings. The summed E-state index contributed by atoms with van der Waals surface area (Å²) in [6.07, 6.45) is 0. The Hall–Kier alpha value is -1.59. The first-order valence-electron chi connectivity index (χ1n) is 6.37. The number of ether oxygens (including phenoxy) is 2. The van der Waals surface area contributed by atoms with Gasteiger partial charge in [-0.15, -0.1) is 0 Å². The molecular formula is C14H22N2O3. The molecule has 0 atom stereocenters. The maximum absolute atomic E-state index is 11.6. The Kier molecular flexibility index (Phi) is 6.92. The maximum Gasteiger partial charge on any atom is 0.238 e. The van der Waals surface area contributed by atoms with Crippen molar-refractivity contribution in [1.29, 1.82) is 0 Å². The van der Waals surface area contributed by atoms with Crippen molar-refractivity contribution in [2.45, 2.75) is 6.92 Å². The van der Waals surface area contributed by atoms with Crippen molar-refractivity contribution in [1.82, 2.24) is 4.90 Å². The molecule has 1 N–H and O–H groups in total. The van der Waals surface area contributed by atoms with Crippen LogP contribution in [0, 0.1) is 0 Å². The summed E-state index contributed by atoms with van der Waals surface area (Å²) in [5, 5.41) is 2.82. The van der Waals surface area contributed by atoms with Gasteiger partial charge in [-0.3, -0.25) is 4.79 Å². The molecule has 5 heteroatoms. The van der Waals surface area contributed by atoms with E-state index in [0.717, 1.165) is 11.4 Å². The molecule has 0 heterocycles. The summed E-state index contributed by atoms with van der Waals surface area (Å²) >= 11 is 0. The molecule has 106 valence electrons. The van der Waals surface area contributed by atoms with Crippen LogP contribution in [0.25, 0.3) is 0 Å². The Morgan fingerprint density at radius 1 is 1.32 bits per heavy atom. The molecule has 0 saturated heterocycles. The highest BCUT2D eigenvalue weighted by molar-refractivity contribution is 5.92. The molecule has 5 nitrogen and oxygen atoms in total. The molecule has 0 saturated carbocycles. The molecule has 0 bridgehead atoms. The molecule has 1 amide bonds. The summed E-state index contributed by atoms with van der Waals surface area (Å²) < 4.78 is 10.7. The number of nitrogens with one attached hydrogen (secondary N) is 1. The molecule has 0 aliphatic carbocycles. The van der Waals surface area contributed by atoms with E-state index >= 15 is 0 Å². The minimum atomic E-state index is -0.0449. The molecular weight excluding hydrogens is 244 g/mol. The lowest BCUT2D eigenvalue weighted by atomic mass is 10.3. The summed E-state index contributed by atoms with van der Waals surface area (Å²) in [6, 6.07) is 7.34. The zero-order valence-electron chi connectivity index (χ0n) is 11.8. The first-order valence-corrected chi connectivity index (χ1v) is 6.37. The van der Waals surface area contributed by atoms with Crippen molar-refractivity contribution in [3.63, 3.8) is 0 Å². The van der Waals surface area contributed by atoms with E-state index in [-0.39, 0.29) is 5.91 Å². The number of hydrogen-bond donors (Lipinski definition) is 1. The van der Waals surface area contributed by atoms with Gasteiger partial charge in [-0.05, 0) is 33.2 Å². The van der Waals surface area contributed by atoms with Crippen LogP contribution in [0.5, 0.6) is 5.75 Å². The molecule has 0 unspecified atom stereocenters. The number of anilines is 1. The fourth-order valence-electron chi connectivity index (χ4n) is 1.51. The maximum atomic E-state index is 11.6. The second kappa shape index (κ2) is 8.50. The van der Waals surface area contributed by atoms with Gasteiger partial charge in [0.1, 0.15) is 12.4 Å². The fraction of sp³-hybridized carbons (Fsp3) is 0.500.